The van der Waals surface area contributed by atoms with Crippen molar-refractivity contribution in [3.05, 3.63) is 34.6 Å². The zero-order valence-electron chi connectivity index (χ0n) is 15.4. The van der Waals surface area contributed by atoms with Gasteiger partial charge in [-0.15, -0.1) is 10.2 Å². The van der Waals surface area contributed by atoms with Crippen LogP contribution in [0, 0.1) is 5.41 Å². The lowest BCUT2D eigenvalue weighted by molar-refractivity contribution is -0.0102. The maximum absolute atomic E-state index is 11.1. The van der Waals surface area contributed by atoms with E-state index in [2.05, 4.69) is 36.7 Å². The maximum atomic E-state index is 11.1. The fourth-order valence-corrected chi connectivity index (χ4v) is 5.11. The SMILES string of the molecule is O=C(O)N1CC2(C1)CN(c1nnc3n1-c1ccc(Cl)cc1CN(C1CC1)C3)C2. The van der Waals surface area contributed by atoms with Crippen molar-refractivity contribution in [2.24, 2.45) is 5.41 Å². The van der Waals surface area contributed by atoms with Gasteiger partial charge in [-0.1, -0.05) is 11.6 Å². The number of likely N-dealkylation sites (tertiary alicyclic amines) is 1. The highest BCUT2D eigenvalue weighted by molar-refractivity contribution is 6.30. The summed E-state index contributed by atoms with van der Waals surface area (Å²) in [4.78, 5) is 17.3. The van der Waals surface area contributed by atoms with Crippen LogP contribution in [0.15, 0.2) is 18.2 Å². The van der Waals surface area contributed by atoms with Gasteiger partial charge in [-0.25, -0.2) is 4.79 Å². The summed E-state index contributed by atoms with van der Waals surface area (Å²) in [5.74, 6) is 1.82. The van der Waals surface area contributed by atoms with Gasteiger partial charge in [-0.05, 0) is 36.6 Å². The van der Waals surface area contributed by atoms with E-state index in [0.29, 0.717) is 19.1 Å². The first-order valence-corrected chi connectivity index (χ1v) is 10.1. The molecule has 2 saturated heterocycles. The second-order valence-corrected chi connectivity index (χ2v) is 9.09. The Bertz CT molecular complexity index is 973. The molecule has 3 aliphatic heterocycles. The number of carboxylic acid groups (broad SMARTS) is 1. The average Bonchev–Trinajstić information content (AvgIpc) is 3.36. The number of benzene rings is 1. The van der Waals surface area contributed by atoms with Gasteiger partial charge >= 0.3 is 6.09 Å². The quantitative estimate of drug-likeness (QED) is 0.832. The molecule has 146 valence electrons. The molecule has 1 aliphatic carbocycles. The lowest BCUT2D eigenvalue weighted by atomic mass is 9.73. The molecule has 1 amide bonds. The third-order valence-corrected chi connectivity index (χ3v) is 6.67. The zero-order valence-corrected chi connectivity index (χ0v) is 16.1. The van der Waals surface area contributed by atoms with Gasteiger partial charge in [-0.3, -0.25) is 9.47 Å². The smallest absolute Gasteiger partial charge is 0.407 e. The van der Waals surface area contributed by atoms with Gasteiger partial charge in [0, 0.05) is 49.2 Å². The zero-order chi connectivity index (χ0) is 19.0. The van der Waals surface area contributed by atoms with Crippen molar-refractivity contribution in [1.82, 2.24) is 24.6 Å². The van der Waals surface area contributed by atoms with Crippen LogP contribution in [0.5, 0.6) is 0 Å². The summed E-state index contributed by atoms with van der Waals surface area (Å²) in [5, 5.41) is 18.9. The molecular formula is C19H21ClN6O2. The third-order valence-electron chi connectivity index (χ3n) is 6.44. The Morgan fingerprint density at radius 2 is 1.93 bits per heavy atom. The van der Waals surface area contributed by atoms with Crippen LogP contribution in [0.1, 0.15) is 24.2 Å². The summed E-state index contributed by atoms with van der Waals surface area (Å²) < 4.78 is 2.18. The van der Waals surface area contributed by atoms with E-state index in [0.717, 1.165) is 48.7 Å². The monoisotopic (exact) mass is 400 g/mol. The third kappa shape index (κ3) is 2.44. The van der Waals surface area contributed by atoms with Gasteiger partial charge in [0.25, 0.3) is 0 Å². The number of rotatable bonds is 2. The van der Waals surface area contributed by atoms with Gasteiger partial charge in [-0.2, -0.15) is 0 Å². The van der Waals surface area contributed by atoms with Crippen molar-refractivity contribution in [3.63, 3.8) is 0 Å². The molecule has 1 spiro atoms. The minimum absolute atomic E-state index is 0.0817. The molecule has 28 heavy (non-hydrogen) atoms. The first kappa shape index (κ1) is 16.6. The Morgan fingerprint density at radius 1 is 1.14 bits per heavy atom. The number of hydrogen-bond acceptors (Lipinski definition) is 5. The van der Waals surface area contributed by atoms with Crippen LogP contribution in [0.3, 0.4) is 0 Å². The van der Waals surface area contributed by atoms with Crippen LogP contribution in [0.4, 0.5) is 10.7 Å². The van der Waals surface area contributed by atoms with E-state index >= 15 is 0 Å². The summed E-state index contributed by atoms with van der Waals surface area (Å²) in [6, 6.07) is 6.67. The van der Waals surface area contributed by atoms with Crippen molar-refractivity contribution in [1.29, 1.82) is 0 Å². The second-order valence-electron chi connectivity index (χ2n) is 8.66. The van der Waals surface area contributed by atoms with E-state index in [1.807, 2.05) is 6.07 Å². The molecule has 9 heteroatoms. The standard InChI is InChI=1S/C19H21ClN6O2/c20-13-1-4-15-12(5-13)6-23(14-2-3-14)7-16-21-22-17(26(15)16)24-8-19(9-24)10-25(11-19)18(27)28/h1,4-5,14H,2-3,6-11H2,(H,27,28). The van der Waals surface area contributed by atoms with Gasteiger partial charge in [0.15, 0.2) is 5.82 Å². The molecule has 8 nitrogen and oxygen atoms in total. The molecule has 1 aromatic heterocycles. The summed E-state index contributed by atoms with van der Waals surface area (Å²) in [7, 11) is 0. The largest absolute Gasteiger partial charge is 0.465 e. The van der Waals surface area contributed by atoms with Gasteiger partial charge < -0.3 is 14.9 Å². The van der Waals surface area contributed by atoms with Gasteiger partial charge in [0.1, 0.15) is 0 Å². The highest BCUT2D eigenvalue weighted by atomic mass is 35.5. The fraction of sp³-hybridized carbons (Fsp3) is 0.526. The van der Waals surface area contributed by atoms with Crippen LogP contribution in [-0.2, 0) is 13.1 Å². The van der Waals surface area contributed by atoms with Crippen LogP contribution >= 0.6 is 11.6 Å². The normalized spacial score (nSPS) is 22.9. The van der Waals surface area contributed by atoms with E-state index in [-0.39, 0.29) is 5.41 Å². The number of carbonyl (C=O) groups is 1. The van der Waals surface area contributed by atoms with Gasteiger partial charge in [0.2, 0.25) is 5.95 Å². The summed E-state index contributed by atoms with van der Waals surface area (Å²) in [6.45, 7) is 4.54. The number of nitrogens with zero attached hydrogens (tertiary/aromatic N) is 6. The molecule has 0 unspecified atom stereocenters. The Balaban J connectivity index is 1.33. The van der Waals surface area contributed by atoms with Crippen molar-refractivity contribution in [3.8, 4) is 5.69 Å². The minimum Gasteiger partial charge on any atom is -0.465 e. The molecule has 1 aromatic carbocycles. The molecule has 1 N–H and O–H groups in total. The Morgan fingerprint density at radius 3 is 2.64 bits per heavy atom. The number of halogens is 1. The van der Waals surface area contributed by atoms with Crippen molar-refractivity contribution < 1.29 is 9.90 Å². The van der Waals surface area contributed by atoms with Crippen LogP contribution < -0.4 is 4.90 Å². The lowest BCUT2D eigenvalue weighted by Gasteiger charge is -2.59. The van der Waals surface area contributed by atoms with E-state index in [1.54, 1.807) is 0 Å². The highest BCUT2D eigenvalue weighted by Gasteiger charge is 2.54. The molecule has 4 aliphatic rings. The summed E-state index contributed by atoms with van der Waals surface area (Å²) in [6.07, 6.45) is 1.66. The lowest BCUT2D eigenvalue weighted by Crippen LogP contribution is -2.73. The number of anilines is 1. The van der Waals surface area contributed by atoms with E-state index < -0.39 is 6.09 Å². The molecule has 0 bridgehead atoms. The van der Waals surface area contributed by atoms with E-state index in [9.17, 15) is 4.79 Å². The number of fused-ring (bicyclic) bond motifs is 3. The Labute approximate surface area is 167 Å². The molecule has 4 heterocycles. The number of hydrogen-bond donors (Lipinski definition) is 1. The molecule has 6 rings (SSSR count). The van der Waals surface area contributed by atoms with E-state index in [1.165, 1.54) is 23.3 Å². The van der Waals surface area contributed by atoms with Crippen LogP contribution in [0.25, 0.3) is 5.69 Å². The van der Waals surface area contributed by atoms with Crippen molar-refractivity contribution in [2.75, 3.05) is 31.1 Å². The van der Waals surface area contributed by atoms with Crippen LogP contribution in [-0.4, -0.2) is 68.0 Å². The van der Waals surface area contributed by atoms with Crippen molar-refractivity contribution >= 4 is 23.6 Å². The first-order chi connectivity index (χ1) is 13.5. The Kier molecular flexibility index (Phi) is 3.33. The molecule has 0 radical (unpaired) electrons. The van der Waals surface area contributed by atoms with Crippen LogP contribution in [0.2, 0.25) is 5.02 Å². The van der Waals surface area contributed by atoms with E-state index in [4.69, 9.17) is 16.7 Å². The minimum atomic E-state index is -0.827. The maximum Gasteiger partial charge on any atom is 0.407 e. The molecule has 3 fully saturated rings. The first-order valence-electron chi connectivity index (χ1n) is 9.71. The Hall–Kier alpha value is -2.32. The molecular weight excluding hydrogens is 380 g/mol. The summed E-state index contributed by atoms with van der Waals surface area (Å²) in [5.41, 5.74) is 2.39. The molecule has 0 atom stereocenters. The highest BCUT2D eigenvalue weighted by Crippen LogP contribution is 2.43. The molecule has 2 aromatic rings. The fourth-order valence-electron chi connectivity index (χ4n) is 4.92. The second kappa shape index (κ2) is 5.61. The van der Waals surface area contributed by atoms with Crippen molar-refractivity contribution in [2.45, 2.75) is 32.0 Å². The number of amides is 1. The number of aromatic nitrogens is 3. The van der Waals surface area contributed by atoms with Gasteiger partial charge in [0.05, 0.1) is 12.2 Å². The topological polar surface area (TPSA) is 77.7 Å². The predicted octanol–water partition coefficient (Wildman–Crippen LogP) is 2.20. The predicted molar refractivity (Wildman–Crippen MR) is 103 cm³/mol. The summed E-state index contributed by atoms with van der Waals surface area (Å²) >= 11 is 6.30. The molecule has 1 saturated carbocycles. The average molecular weight is 401 g/mol.